The number of anilines is 1. The molecule has 0 amide bonds. The highest BCUT2D eigenvalue weighted by Gasteiger charge is 2.18. The first kappa shape index (κ1) is 14.9. The van der Waals surface area contributed by atoms with E-state index in [-0.39, 0.29) is 22.9 Å². The van der Waals surface area contributed by atoms with E-state index in [1.165, 1.54) is 0 Å². The SMILES string of the molecule is CS(=O)(=O)CCNS(=O)(=O)c1ccc(F)cc1N. The summed E-state index contributed by atoms with van der Waals surface area (Å²) in [6, 6.07) is 2.86. The lowest BCUT2D eigenvalue weighted by Crippen LogP contribution is -2.29. The quantitative estimate of drug-likeness (QED) is 0.728. The van der Waals surface area contributed by atoms with E-state index >= 15 is 0 Å². The highest BCUT2D eigenvalue weighted by Crippen LogP contribution is 2.18. The topological polar surface area (TPSA) is 106 Å². The van der Waals surface area contributed by atoms with Crippen LogP contribution in [0.2, 0.25) is 0 Å². The average molecular weight is 296 g/mol. The van der Waals surface area contributed by atoms with Gasteiger partial charge in [0.25, 0.3) is 0 Å². The van der Waals surface area contributed by atoms with E-state index in [1.54, 1.807) is 0 Å². The maximum Gasteiger partial charge on any atom is 0.242 e. The molecule has 0 radical (unpaired) electrons. The molecule has 9 heteroatoms. The van der Waals surface area contributed by atoms with Crippen molar-refractivity contribution in [3.8, 4) is 0 Å². The summed E-state index contributed by atoms with van der Waals surface area (Å²) in [7, 11) is -7.20. The van der Waals surface area contributed by atoms with Crippen molar-refractivity contribution in [2.75, 3.05) is 24.3 Å². The van der Waals surface area contributed by atoms with E-state index in [1.807, 2.05) is 0 Å². The standard InChI is InChI=1S/C9H13FN2O4S2/c1-17(13,14)5-4-12-18(15,16)9-3-2-7(10)6-8(9)11/h2-3,6,12H,4-5,11H2,1H3. The van der Waals surface area contributed by atoms with Crippen LogP contribution in [0.1, 0.15) is 0 Å². The summed E-state index contributed by atoms with van der Waals surface area (Å²) >= 11 is 0. The zero-order valence-corrected chi connectivity index (χ0v) is 11.2. The largest absolute Gasteiger partial charge is 0.398 e. The summed E-state index contributed by atoms with van der Waals surface area (Å²) < 4.78 is 60.0. The number of sulfonamides is 1. The molecular formula is C9H13FN2O4S2. The van der Waals surface area contributed by atoms with Crippen molar-refractivity contribution >= 4 is 25.5 Å². The fraction of sp³-hybridized carbons (Fsp3) is 0.333. The van der Waals surface area contributed by atoms with E-state index in [4.69, 9.17) is 5.73 Å². The molecule has 0 atom stereocenters. The predicted molar refractivity (Wildman–Crippen MR) is 65.7 cm³/mol. The summed E-state index contributed by atoms with van der Waals surface area (Å²) in [5, 5.41) is 0. The zero-order chi connectivity index (χ0) is 14.0. The Hall–Kier alpha value is -1.19. The number of halogens is 1. The predicted octanol–water partition coefficient (Wildman–Crippen LogP) is -0.269. The lowest BCUT2D eigenvalue weighted by Gasteiger charge is -2.08. The molecular weight excluding hydrogens is 283 g/mol. The van der Waals surface area contributed by atoms with Gasteiger partial charge in [0.05, 0.1) is 11.4 Å². The molecule has 1 rings (SSSR count). The van der Waals surface area contributed by atoms with Gasteiger partial charge in [-0.1, -0.05) is 0 Å². The van der Waals surface area contributed by atoms with Crippen molar-refractivity contribution in [1.82, 2.24) is 4.72 Å². The summed E-state index contributed by atoms with van der Waals surface area (Å²) in [4.78, 5) is -0.280. The van der Waals surface area contributed by atoms with Crippen LogP contribution in [0.25, 0.3) is 0 Å². The summed E-state index contributed by atoms with van der Waals surface area (Å²) in [6.07, 6.45) is 0.994. The van der Waals surface area contributed by atoms with Gasteiger partial charge < -0.3 is 5.73 Å². The molecule has 102 valence electrons. The minimum absolute atomic E-state index is 0.234. The monoisotopic (exact) mass is 296 g/mol. The Kier molecular flexibility index (Phi) is 4.30. The lowest BCUT2D eigenvalue weighted by atomic mass is 10.3. The Bertz CT molecular complexity index is 641. The van der Waals surface area contributed by atoms with Gasteiger partial charge in [0.1, 0.15) is 20.5 Å². The van der Waals surface area contributed by atoms with Crippen molar-refractivity contribution in [1.29, 1.82) is 0 Å². The molecule has 0 bridgehead atoms. The lowest BCUT2D eigenvalue weighted by molar-refractivity contribution is 0.581. The molecule has 0 aliphatic carbocycles. The van der Waals surface area contributed by atoms with E-state index in [2.05, 4.69) is 4.72 Å². The zero-order valence-electron chi connectivity index (χ0n) is 9.55. The Morgan fingerprint density at radius 1 is 1.28 bits per heavy atom. The average Bonchev–Trinajstić information content (AvgIpc) is 2.13. The fourth-order valence-electron chi connectivity index (χ4n) is 1.20. The fourth-order valence-corrected chi connectivity index (χ4v) is 2.95. The first-order valence-electron chi connectivity index (χ1n) is 4.84. The molecule has 0 fully saturated rings. The second-order valence-corrected chi connectivity index (χ2v) is 7.70. The molecule has 1 aromatic carbocycles. The van der Waals surface area contributed by atoms with E-state index in [9.17, 15) is 21.2 Å². The molecule has 0 aliphatic rings. The van der Waals surface area contributed by atoms with Crippen LogP contribution >= 0.6 is 0 Å². The number of nitrogen functional groups attached to an aromatic ring is 1. The molecule has 0 saturated heterocycles. The highest BCUT2D eigenvalue weighted by molar-refractivity contribution is 7.91. The molecule has 6 nitrogen and oxygen atoms in total. The second-order valence-electron chi connectivity index (χ2n) is 3.71. The van der Waals surface area contributed by atoms with Crippen molar-refractivity contribution in [2.24, 2.45) is 0 Å². The summed E-state index contributed by atoms with van der Waals surface area (Å²) in [5.41, 5.74) is 5.15. The molecule has 0 aliphatic heterocycles. The first-order chi connectivity index (χ1) is 8.12. The van der Waals surface area contributed by atoms with Crippen LogP contribution in [0.3, 0.4) is 0 Å². The minimum atomic E-state index is -3.94. The van der Waals surface area contributed by atoms with Gasteiger partial charge in [-0.25, -0.2) is 25.9 Å². The van der Waals surface area contributed by atoms with Crippen molar-refractivity contribution in [2.45, 2.75) is 4.90 Å². The Morgan fingerprint density at radius 3 is 2.39 bits per heavy atom. The summed E-state index contributed by atoms with van der Waals surface area (Å²) in [6.45, 7) is -0.266. The van der Waals surface area contributed by atoms with Gasteiger partial charge in [-0.05, 0) is 18.2 Å². The number of sulfone groups is 1. The van der Waals surface area contributed by atoms with Crippen molar-refractivity contribution < 1.29 is 21.2 Å². The number of hydrogen-bond acceptors (Lipinski definition) is 5. The number of nitrogens with two attached hydrogens (primary N) is 1. The number of nitrogens with one attached hydrogen (secondary N) is 1. The molecule has 3 N–H and O–H groups in total. The first-order valence-corrected chi connectivity index (χ1v) is 8.38. The molecule has 18 heavy (non-hydrogen) atoms. The van der Waals surface area contributed by atoms with Gasteiger partial charge in [-0.15, -0.1) is 0 Å². The molecule has 0 aromatic heterocycles. The van der Waals surface area contributed by atoms with Gasteiger partial charge in [0.2, 0.25) is 10.0 Å². The minimum Gasteiger partial charge on any atom is -0.398 e. The third-order valence-electron chi connectivity index (χ3n) is 2.03. The van der Waals surface area contributed by atoms with E-state index in [0.717, 1.165) is 24.5 Å². The van der Waals surface area contributed by atoms with Crippen LogP contribution in [0, 0.1) is 5.82 Å². The molecule has 1 aromatic rings. The van der Waals surface area contributed by atoms with Crippen LogP contribution in [0.4, 0.5) is 10.1 Å². The van der Waals surface area contributed by atoms with Crippen LogP contribution in [-0.4, -0.2) is 35.4 Å². The Balaban J connectivity index is 2.87. The molecule has 0 unspecified atom stereocenters. The van der Waals surface area contributed by atoms with E-state index < -0.39 is 25.7 Å². The maximum absolute atomic E-state index is 12.8. The van der Waals surface area contributed by atoms with Crippen LogP contribution in [0.15, 0.2) is 23.1 Å². The Morgan fingerprint density at radius 2 is 1.89 bits per heavy atom. The highest BCUT2D eigenvalue weighted by atomic mass is 32.2. The van der Waals surface area contributed by atoms with Crippen molar-refractivity contribution in [3.05, 3.63) is 24.0 Å². The van der Waals surface area contributed by atoms with Crippen LogP contribution < -0.4 is 10.5 Å². The van der Waals surface area contributed by atoms with Crippen LogP contribution in [-0.2, 0) is 19.9 Å². The Labute approximate surface area is 105 Å². The van der Waals surface area contributed by atoms with Gasteiger partial charge in [0, 0.05) is 12.8 Å². The van der Waals surface area contributed by atoms with Gasteiger partial charge in [-0.3, -0.25) is 0 Å². The van der Waals surface area contributed by atoms with Crippen molar-refractivity contribution in [3.63, 3.8) is 0 Å². The van der Waals surface area contributed by atoms with Gasteiger partial charge in [-0.2, -0.15) is 0 Å². The third-order valence-corrected chi connectivity index (χ3v) is 4.51. The van der Waals surface area contributed by atoms with Crippen LogP contribution in [0.5, 0.6) is 0 Å². The third kappa shape index (κ3) is 4.24. The maximum atomic E-state index is 12.8. The normalized spacial score (nSPS) is 12.6. The molecule has 0 saturated carbocycles. The second kappa shape index (κ2) is 5.21. The van der Waals surface area contributed by atoms with Gasteiger partial charge in [0.15, 0.2) is 0 Å². The molecule has 0 heterocycles. The smallest absolute Gasteiger partial charge is 0.242 e. The summed E-state index contributed by atoms with van der Waals surface area (Å²) in [5.74, 6) is -0.976. The number of benzene rings is 1. The van der Waals surface area contributed by atoms with E-state index in [0.29, 0.717) is 0 Å². The van der Waals surface area contributed by atoms with Gasteiger partial charge >= 0.3 is 0 Å². The molecule has 0 spiro atoms. The number of hydrogen-bond donors (Lipinski definition) is 2. The number of rotatable bonds is 5.